The Bertz CT molecular complexity index is 702. The summed E-state index contributed by atoms with van der Waals surface area (Å²) in [6.07, 6.45) is 10.9. The van der Waals surface area contributed by atoms with Crippen LogP contribution in [0.1, 0.15) is 60.1 Å². The number of amides is 1. The highest BCUT2D eigenvalue weighted by molar-refractivity contribution is 5.93. The van der Waals surface area contributed by atoms with Crippen molar-refractivity contribution in [1.82, 2.24) is 20.3 Å². The summed E-state index contributed by atoms with van der Waals surface area (Å²) < 4.78 is 0. The first kappa shape index (κ1) is 16.7. The predicted octanol–water partition coefficient (Wildman–Crippen LogP) is 1.97. The molecule has 6 nitrogen and oxygen atoms in total. The van der Waals surface area contributed by atoms with Gasteiger partial charge in [-0.1, -0.05) is 0 Å². The molecule has 0 unspecified atom stereocenters. The van der Waals surface area contributed by atoms with Gasteiger partial charge in [0.05, 0.1) is 11.3 Å². The molecule has 0 atom stereocenters. The number of aromatic nitrogens is 1. The molecule has 5 rings (SSSR count). The van der Waals surface area contributed by atoms with Crippen molar-refractivity contribution < 1.29 is 10.0 Å². The fourth-order valence-corrected chi connectivity index (χ4v) is 5.34. The van der Waals surface area contributed by atoms with E-state index >= 15 is 0 Å². The van der Waals surface area contributed by atoms with Crippen LogP contribution in [0, 0.1) is 5.41 Å². The largest absolute Gasteiger partial charge is 0.300 e. The average molecular weight is 356 g/mol. The molecule has 3 heterocycles. The van der Waals surface area contributed by atoms with Crippen molar-refractivity contribution in [3.63, 3.8) is 0 Å². The Morgan fingerprint density at radius 2 is 1.92 bits per heavy atom. The van der Waals surface area contributed by atoms with E-state index in [0.717, 1.165) is 36.8 Å². The van der Waals surface area contributed by atoms with E-state index in [1.165, 1.54) is 51.6 Å². The molecule has 26 heavy (non-hydrogen) atoms. The first-order valence-electron chi connectivity index (χ1n) is 10.1. The highest BCUT2D eigenvalue weighted by Crippen LogP contribution is 2.52. The van der Waals surface area contributed by atoms with E-state index in [0.29, 0.717) is 17.0 Å². The number of fused-ring (bicyclic) bond motifs is 1. The van der Waals surface area contributed by atoms with E-state index in [-0.39, 0.29) is 0 Å². The maximum absolute atomic E-state index is 11.6. The summed E-state index contributed by atoms with van der Waals surface area (Å²) in [6, 6.07) is 3.50. The zero-order chi connectivity index (χ0) is 17.7. The van der Waals surface area contributed by atoms with Gasteiger partial charge in [-0.25, -0.2) is 5.48 Å². The number of pyridine rings is 1. The Kier molecular flexibility index (Phi) is 4.03. The molecule has 1 amide bonds. The fraction of sp³-hybridized carbons (Fsp3) is 0.700. The van der Waals surface area contributed by atoms with Gasteiger partial charge in [0.2, 0.25) is 0 Å². The van der Waals surface area contributed by atoms with Crippen LogP contribution in [0.2, 0.25) is 0 Å². The van der Waals surface area contributed by atoms with Gasteiger partial charge in [0.25, 0.3) is 5.91 Å². The third-order valence-electron chi connectivity index (χ3n) is 7.22. The molecule has 1 spiro atoms. The number of rotatable bonds is 3. The molecular weight excluding hydrogens is 328 g/mol. The summed E-state index contributed by atoms with van der Waals surface area (Å²) in [4.78, 5) is 21.4. The highest BCUT2D eigenvalue weighted by atomic mass is 16.5. The van der Waals surface area contributed by atoms with Crippen LogP contribution >= 0.6 is 0 Å². The normalized spacial score (nSPS) is 26.3. The van der Waals surface area contributed by atoms with E-state index in [1.807, 2.05) is 6.07 Å². The molecule has 0 radical (unpaired) electrons. The van der Waals surface area contributed by atoms with Crippen LogP contribution in [-0.4, -0.2) is 57.6 Å². The molecule has 2 saturated carbocycles. The van der Waals surface area contributed by atoms with Gasteiger partial charge in [0.1, 0.15) is 0 Å². The lowest BCUT2D eigenvalue weighted by molar-refractivity contribution is -0.0489. The lowest BCUT2D eigenvalue weighted by Gasteiger charge is -2.56. The Balaban J connectivity index is 1.18. The van der Waals surface area contributed by atoms with E-state index in [4.69, 9.17) is 5.21 Å². The standard InChI is InChI=1S/C20H28N4O2/c25-19(22-26)15-9-14-3-6-24(13-18(14)21-12-15)17-10-20(11-17)4-7-23(8-5-20)16-1-2-16/h9,12,16-17,26H,1-8,10-11,13H2,(H,22,25). The molecule has 0 aromatic carbocycles. The Hall–Kier alpha value is -1.50. The van der Waals surface area contributed by atoms with Gasteiger partial charge >= 0.3 is 0 Å². The van der Waals surface area contributed by atoms with E-state index in [2.05, 4.69) is 14.8 Å². The molecular formula is C20H28N4O2. The van der Waals surface area contributed by atoms with E-state index in [1.54, 1.807) is 11.7 Å². The maximum atomic E-state index is 11.6. The van der Waals surface area contributed by atoms with Gasteiger partial charge in [0.15, 0.2) is 0 Å². The fourth-order valence-electron chi connectivity index (χ4n) is 5.34. The number of piperidine rings is 1. The first-order valence-corrected chi connectivity index (χ1v) is 10.1. The lowest BCUT2D eigenvalue weighted by Crippen LogP contribution is -2.56. The number of hydrogen-bond donors (Lipinski definition) is 2. The molecule has 3 fully saturated rings. The number of hydrogen-bond acceptors (Lipinski definition) is 5. The highest BCUT2D eigenvalue weighted by Gasteiger charge is 2.49. The van der Waals surface area contributed by atoms with E-state index < -0.39 is 5.91 Å². The number of carbonyl (C=O) groups excluding carboxylic acids is 1. The van der Waals surface area contributed by atoms with Crippen molar-refractivity contribution in [2.24, 2.45) is 5.41 Å². The summed E-state index contributed by atoms with van der Waals surface area (Å²) in [5, 5.41) is 8.78. The van der Waals surface area contributed by atoms with Crippen molar-refractivity contribution in [3.8, 4) is 0 Å². The van der Waals surface area contributed by atoms with Crippen molar-refractivity contribution in [1.29, 1.82) is 0 Å². The lowest BCUT2D eigenvalue weighted by atomic mass is 9.60. The Labute approximate surface area is 154 Å². The molecule has 1 aromatic rings. The Morgan fingerprint density at radius 1 is 1.15 bits per heavy atom. The van der Waals surface area contributed by atoms with Crippen LogP contribution in [-0.2, 0) is 13.0 Å². The summed E-state index contributed by atoms with van der Waals surface area (Å²) in [6.45, 7) is 4.58. The number of likely N-dealkylation sites (tertiary alicyclic amines) is 1. The first-order chi connectivity index (χ1) is 12.7. The quantitative estimate of drug-likeness (QED) is 0.640. The van der Waals surface area contributed by atoms with Crippen LogP contribution in [0.4, 0.5) is 0 Å². The van der Waals surface area contributed by atoms with Crippen molar-refractivity contribution in [2.45, 2.75) is 63.6 Å². The minimum absolute atomic E-state index is 0.435. The predicted molar refractivity (Wildman–Crippen MR) is 96.9 cm³/mol. The molecule has 2 aliphatic heterocycles. The minimum Gasteiger partial charge on any atom is -0.300 e. The van der Waals surface area contributed by atoms with Gasteiger partial charge in [0, 0.05) is 31.4 Å². The summed E-state index contributed by atoms with van der Waals surface area (Å²) in [7, 11) is 0. The van der Waals surface area contributed by atoms with Gasteiger partial charge in [-0.15, -0.1) is 0 Å². The molecule has 2 aliphatic carbocycles. The second kappa shape index (κ2) is 6.29. The number of hydroxylamine groups is 1. The monoisotopic (exact) mass is 356 g/mol. The SMILES string of the molecule is O=C(NO)c1cnc2c(c1)CCN(C1CC3(CCN(C4CC4)CC3)C1)C2. The molecule has 1 saturated heterocycles. The van der Waals surface area contributed by atoms with Crippen LogP contribution in [0.25, 0.3) is 0 Å². The van der Waals surface area contributed by atoms with E-state index in [9.17, 15) is 4.79 Å². The summed E-state index contributed by atoms with van der Waals surface area (Å²) in [5.74, 6) is -0.485. The molecule has 2 N–H and O–H groups in total. The third kappa shape index (κ3) is 2.94. The van der Waals surface area contributed by atoms with Crippen molar-refractivity contribution in [2.75, 3.05) is 19.6 Å². The number of nitrogens with one attached hydrogen (secondary N) is 1. The van der Waals surface area contributed by atoms with Gasteiger partial charge < -0.3 is 4.90 Å². The minimum atomic E-state index is -0.485. The number of carbonyl (C=O) groups is 1. The molecule has 6 heteroatoms. The zero-order valence-corrected chi connectivity index (χ0v) is 15.3. The average Bonchev–Trinajstić information content (AvgIpc) is 3.50. The maximum Gasteiger partial charge on any atom is 0.276 e. The van der Waals surface area contributed by atoms with Gasteiger partial charge in [-0.3, -0.25) is 19.9 Å². The molecule has 1 aromatic heterocycles. The van der Waals surface area contributed by atoms with Crippen molar-refractivity contribution >= 4 is 5.91 Å². The summed E-state index contributed by atoms with van der Waals surface area (Å²) >= 11 is 0. The van der Waals surface area contributed by atoms with Gasteiger partial charge in [-0.05, 0) is 75.1 Å². The van der Waals surface area contributed by atoms with Crippen LogP contribution in [0.15, 0.2) is 12.3 Å². The second-order valence-corrected chi connectivity index (χ2v) is 8.82. The summed E-state index contributed by atoms with van der Waals surface area (Å²) in [5.41, 5.74) is 4.98. The second-order valence-electron chi connectivity index (χ2n) is 8.82. The van der Waals surface area contributed by atoms with Crippen LogP contribution in [0.3, 0.4) is 0 Å². The van der Waals surface area contributed by atoms with Crippen molar-refractivity contribution in [3.05, 3.63) is 29.1 Å². The Morgan fingerprint density at radius 3 is 2.62 bits per heavy atom. The third-order valence-corrected chi connectivity index (χ3v) is 7.22. The number of nitrogens with zero attached hydrogens (tertiary/aromatic N) is 3. The van der Waals surface area contributed by atoms with Crippen LogP contribution < -0.4 is 5.48 Å². The topological polar surface area (TPSA) is 68.7 Å². The van der Waals surface area contributed by atoms with Gasteiger partial charge in [-0.2, -0.15) is 0 Å². The zero-order valence-electron chi connectivity index (χ0n) is 15.3. The molecule has 140 valence electrons. The smallest absolute Gasteiger partial charge is 0.276 e. The molecule has 4 aliphatic rings. The molecule has 0 bridgehead atoms. The van der Waals surface area contributed by atoms with Crippen LogP contribution in [0.5, 0.6) is 0 Å².